The van der Waals surface area contributed by atoms with Crippen LogP contribution in [-0.2, 0) is 0 Å². The minimum absolute atomic E-state index is 0.140. The van der Waals surface area contributed by atoms with Crippen LogP contribution >= 0.6 is 7.92 Å². The van der Waals surface area contributed by atoms with E-state index in [0.717, 1.165) is 0 Å². The van der Waals surface area contributed by atoms with Gasteiger partial charge in [0.25, 0.3) is 0 Å². The second-order valence-electron chi connectivity index (χ2n) is 3.26. The Morgan fingerprint density at radius 1 is 1.14 bits per heavy atom. The molecular weight excluding hydrogens is 185 g/mol. The van der Waals surface area contributed by atoms with E-state index in [9.17, 15) is 0 Å². The first-order valence-electron chi connectivity index (χ1n) is 4.71. The van der Waals surface area contributed by atoms with Gasteiger partial charge in [-0.1, -0.05) is 0 Å². The zero-order valence-corrected chi connectivity index (χ0v) is 9.12. The minimum atomic E-state index is -0.140. The van der Waals surface area contributed by atoms with Crippen LogP contribution in [-0.4, -0.2) is 20.3 Å². The van der Waals surface area contributed by atoms with Crippen LogP contribution in [0, 0.1) is 0 Å². The summed E-state index contributed by atoms with van der Waals surface area (Å²) in [7, 11) is -0.140. The van der Waals surface area contributed by atoms with Crippen molar-refractivity contribution in [2.75, 3.05) is 6.66 Å². The number of rotatable bonds is 1. The first kappa shape index (κ1) is 9.80. The summed E-state index contributed by atoms with van der Waals surface area (Å²) in [6, 6.07) is 2.18. The summed E-state index contributed by atoms with van der Waals surface area (Å²) in [5.74, 6) is 6.56. The van der Waals surface area contributed by atoms with Gasteiger partial charge in [0.1, 0.15) is 0 Å². The molecule has 0 spiro atoms. The predicted octanol–water partition coefficient (Wildman–Crippen LogP) is 2.90. The zero-order chi connectivity index (χ0) is 9.80. The predicted molar refractivity (Wildman–Crippen MR) is 68.2 cm³/mol. The molecule has 0 amide bonds. The van der Waals surface area contributed by atoms with E-state index in [1.54, 1.807) is 0 Å². The molecule has 0 nitrogen and oxygen atoms in total. The molecule has 1 aliphatic heterocycles. The average molecular weight is 196 g/mol. The van der Waals surface area contributed by atoms with Gasteiger partial charge in [0, 0.05) is 0 Å². The first-order chi connectivity index (χ1) is 6.88. The Hall–Kier alpha value is -0.740. The second-order valence-corrected chi connectivity index (χ2v) is 5.26. The van der Waals surface area contributed by atoms with Crippen molar-refractivity contribution >= 4 is 26.8 Å². The molecule has 0 saturated heterocycles. The van der Waals surface area contributed by atoms with Gasteiger partial charge in [-0.25, -0.2) is 0 Å². The molecule has 14 heavy (non-hydrogen) atoms. The summed E-state index contributed by atoms with van der Waals surface area (Å²) in [6.45, 7) is 6.44. The molecule has 2 heterocycles. The van der Waals surface area contributed by atoms with Gasteiger partial charge in [-0.15, -0.1) is 0 Å². The van der Waals surface area contributed by atoms with Crippen molar-refractivity contribution in [1.29, 1.82) is 0 Å². The molecule has 0 N–H and O–H groups in total. The van der Waals surface area contributed by atoms with E-state index in [-0.39, 0.29) is 7.92 Å². The Morgan fingerprint density at radius 2 is 2.07 bits per heavy atom. The van der Waals surface area contributed by atoms with E-state index < -0.39 is 0 Å². The molecule has 0 fully saturated rings. The summed E-state index contributed by atoms with van der Waals surface area (Å²) >= 11 is 0. The standard InChI is InChI=1S/C11H11B2P/c1-14-8-4-2-3-5-11(14)10-6-7-12-13-9-10/h2-9H,1H3. The maximum absolute atomic E-state index is 2.29. The van der Waals surface area contributed by atoms with Gasteiger partial charge in [-0.05, 0) is 0 Å². The molecule has 1 aliphatic rings. The van der Waals surface area contributed by atoms with E-state index in [2.05, 4.69) is 68.4 Å². The van der Waals surface area contributed by atoms with Crippen molar-refractivity contribution in [3.63, 3.8) is 0 Å². The van der Waals surface area contributed by atoms with E-state index in [0.29, 0.717) is 0 Å². The monoisotopic (exact) mass is 196 g/mol. The Bertz CT molecular complexity index is 393. The van der Waals surface area contributed by atoms with Gasteiger partial charge < -0.3 is 0 Å². The van der Waals surface area contributed by atoms with E-state index in [1.165, 1.54) is 10.9 Å². The Balaban J connectivity index is 2.39. The van der Waals surface area contributed by atoms with Crippen LogP contribution < -0.4 is 0 Å². The molecule has 0 bridgehead atoms. The van der Waals surface area contributed by atoms with Gasteiger partial charge in [-0.3, -0.25) is 0 Å². The van der Waals surface area contributed by atoms with Gasteiger partial charge in [0.05, 0.1) is 0 Å². The second kappa shape index (κ2) is 4.66. The van der Waals surface area contributed by atoms with Crippen molar-refractivity contribution in [1.82, 2.24) is 0 Å². The Kier molecular flexibility index (Phi) is 3.26. The molecule has 66 valence electrons. The summed E-state index contributed by atoms with van der Waals surface area (Å²) < 4.78 is 0. The number of hydrogen-bond donors (Lipinski definition) is 0. The zero-order valence-electron chi connectivity index (χ0n) is 8.22. The first-order valence-corrected chi connectivity index (χ1v) is 6.57. The molecule has 1 aromatic heterocycles. The van der Waals surface area contributed by atoms with Crippen LogP contribution in [0.1, 0.15) is 5.56 Å². The van der Waals surface area contributed by atoms with Crippen molar-refractivity contribution in [2.24, 2.45) is 0 Å². The SMILES string of the molecule is CP1C=CC=CC=C1c1cbbcc1. The molecule has 1 aromatic rings. The molecular formula is C11H11B2P. The van der Waals surface area contributed by atoms with Crippen molar-refractivity contribution in [3.05, 3.63) is 53.7 Å². The fraction of sp³-hybridized carbons (Fsp3) is 0.0909. The summed E-state index contributed by atoms with van der Waals surface area (Å²) in [6.07, 6.45) is 8.57. The van der Waals surface area contributed by atoms with Crippen molar-refractivity contribution < 1.29 is 0 Å². The van der Waals surface area contributed by atoms with E-state index in [1.807, 2.05) is 0 Å². The average Bonchev–Trinajstić information content (AvgIpc) is 2.44. The molecule has 0 aliphatic carbocycles. The van der Waals surface area contributed by atoms with Gasteiger partial charge in [0.2, 0.25) is 0 Å². The third-order valence-corrected chi connectivity index (χ3v) is 4.02. The van der Waals surface area contributed by atoms with Gasteiger partial charge >= 0.3 is 87.2 Å². The third kappa shape index (κ3) is 2.19. The molecule has 0 saturated carbocycles. The van der Waals surface area contributed by atoms with Crippen LogP contribution in [0.2, 0.25) is 0 Å². The molecule has 0 radical (unpaired) electrons. The molecule has 1 unspecified atom stereocenters. The van der Waals surface area contributed by atoms with Crippen LogP contribution in [0.25, 0.3) is 5.31 Å². The molecule has 2 rings (SSSR count). The van der Waals surface area contributed by atoms with E-state index in [4.69, 9.17) is 0 Å². The topological polar surface area (TPSA) is 0 Å². The van der Waals surface area contributed by atoms with Crippen LogP contribution in [0.4, 0.5) is 0 Å². The van der Waals surface area contributed by atoms with E-state index >= 15 is 0 Å². The Labute approximate surface area is 87.6 Å². The van der Waals surface area contributed by atoms with Gasteiger partial charge in [-0.2, -0.15) is 0 Å². The van der Waals surface area contributed by atoms with Gasteiger partial charge in [0.15, 0.2) is 0 Å². The number of hydrogen-bond acceptors (Lipinski definition) is 0. The molecule has 1 atom stereocenters. The quantitative estimate of drug-likeness (QED) is 0.605. The van der Waals surface area contributed by atoms with Crippen molar-refractivity contribution in [2.45, 2.75) is 0 Å². The van der Waals surface area contributed by atoms with Crippen LogP contribution in [0.15, 0.2) is 48.1 Å². The fourth-order valence-electron chi connectivity index (χ4n) is 1.50. The summed E-state index contributed by atoms with van der Waals surface area (Å²) in [5.41, 5.74) is 1.34. The van der Waals surface area contributed by atoms with Crippen LogP contribution in [0.3, 0.4) is 0 Å². The third-order valence-electron chi connectivity index (χ3n) is 2.24. The van der Waals surface area contributed by atoms with Crippen LogP contribution in [0.5, 0.6) is 0 Å². The number of allylic oxidation sites excluding steroid dienone is 4. The summed E-state index contributed by atoms with van der Waals surface area (Å²) in [4.78, 5) is 0. The molecule has 0 aromatic carbocycles. The molecule has 3 heteroatoms. The fourth-order valence-corrected chi connectivity index (χ4v) is 2.89. The van der Waals surface area contributed by atoms with Crippen molar-refractivity contribution in [3.8, 4) is 0 Å². The normalized spacial score (nSPS) is 19.8. The Morgan fingerprint density at radius 3 is 2.86 bits per heavy atom. The summed E-state index contributed by atoms with van der Waals surface area (Å²) in [5, 5.41) is 1.45. The maximum atomic E-state index is 2.29.